The Kier molecular flexibility index (Phi) is 7.30. The number of alkyl halides is 6. The Morgan fingerprint density at radius 2 is 1.88 bits per heavy atom. The molecule has 0 aliphatic heterocycles. The van der Waals surface area contributed by atoms with E-state index >= 15 is 0 Å². The second kappa shape index (κ2) is 9.52. The number of carbonyl (C=O) groups is 1. The highest BCUT2D eigenvalue weighted by molar-refractivity contribution is 9.10. The van der Waals surface area contributed by atoms with Crippen LogP contribution in [0.5, 0.6) is 5.75 Å². The van der Waals surface area contributed by atoms with Crippen molar-refractivity contribution in [2.75, 3.05) is 11.9 Å². The van der Waals surface area contributed by atoms with Crippen LogP contribution in [-0.4, -0.2) is 25.1 Å². The molecule has 1 aliphatic carbocycles. The SMILES string of the molecule is CC(F)(c1cc(Br)c(CC(=O)c2cccc(NCC3CC3)c2F)c(OC(F)F)c1)C(F)(F)F. The summed E-state index contributed by atoms with van der Waals surface area (Å²) in [6.07, 6.45) is -3.96. The fourth-order valence-electron chi connectivity index (χ4n) is 3.13. The van der Waals surface area contributed by atoms with Crippen LogP contribution in [0, 0.1) is 11.7 Å². The van der Waals surface area contributed by atoms with Crippen molar-refractivity contribution in [1.82, 2.24) is 0 Å². The highest BCUT2D eigenvalue weighted by Crippen LogP contribution is 2.45. The van der Waals surface area contributed by atoms with Crippen molar-refractivity contribution >= 4 is 27.4 Å². The number of halogens is 8. The van der Waals surface area contributed by atoms with E-state index in [9.17, 15) is 35.5 Å². The maximum atomic E-state index is 14.8. The van der Waals surface area contributed by atoms with Gasteiger partial charge in [-0.1, -0.05) is 22.0 Å². The van der Waals surface area contributed by atoms with Crippen molar-refractivity contribution in [2.24, 2.45) is 5.92 Å². The van der Waals surface area contributed by atoms with Crippen molar-refractivity contribution in [1.29, 1.82) is 0 Å². The minimum atomic E-state index is -5.33. The maximum absolute atomic E-state index is 14.8. The van der Waals surface area contributed by atoms with Gasteiger partial charge in [0.05, 0.1) is 11.3 Å². The minimum absolute atomic E-state index is 0.101. The van der Waals surface area contributed by atoms with Gasteiger partial charge in [-0.2, -0.15) is 22.0 Å². The van der Waals surface area contributed by atoms with Gasteiger partial charge in [-0.15, -0.1) is 0 Å². The average molecular weight is 542 g/mol. The van der Waals surface area contributed by atoms with E-state index in [2.05, 4.69) is 26.0 Å². The molecule has 33 heavy (non-hydrogen) atoms. The molecule has 2 aromatic rings. The molecule has 1 N–H and O–H groups in total. The molecule has 1 atom stereocenters. The standard InChI is InChI=1S/C22H19BrF7NO2/c1-21(27,22(28,29)30)12-7-15(23)14(18(8-12)33-20(25)26)9-17(32)13-3-2-4-16(19(13)24)31-10-11-5-6-11/h2-4,7-8,11,20,31H,5-6,9-10H2,1H3. The fraction of sp³-hybridized carbons (Fsp3) is 0.409. The number of ketones is 1. The third kappa shape index (κ3) is 5.80. The third-order valence-corrected chi connectivity index (χ3v) is 6.07. The second-order valence-electron chi connectivity index (χ2n) is 7.91. The van der Waals surface area contributed by atoms with Crippen LogP contribution in [0.3, 0.4) is 0 Å². The molecule has 1 fully saturated rings. The molecule has 0 amide bonds. The molecule has 2 aromatic carbocycles. The summed E-state index contributed by atoms with van der Waals surface area (Å²) in [5, 5.41) is 2.91. The van der Waals surface area contributed by atoms with Gasteiger partial charge in [-0.05, 0) is 49.9 Å². The van der Waals surface area contributed by atoms with Gasteiger partial charge in [0.1, 0.15) is 5.75 Å². The summed E-state index contributed by atoms with van der Waals surface area (Å²) >= 11 is 2.91. The Bertz CT molecular complexity index is 1040. The van der Waals surface area contributed by atoms with Crippen molar-refractivity contribution in [3.8, 4) is 5.75 Å². The van der Waals surface area contributed by atoms with Crippen LogP contribution < -0.4 is 10.1 Å². The van der Waals surface area contributed by atoms with Crippen molar-refractivity contribution < 1.29 is 40.3 Å². The first-order valence-corrected chi connectivity index (χ1v) is 10.7. The van der Waals surface area contributed by atoms with Gasteiger partial charge in [0.2, 0.25) is 5.67 Å². The summed E-state index contributed by atoms with van der Waals surface area (Å²) < 4.78 is 98.4. The van der Waals surface area contributed by atoms with Crippen molar-refractivity contribution in [3.63, 3.8) is 0 Å². The number of ether oxygens (including phenoxy) is 1. The van der Waals surface area contributed by atoms with Gasteiger partial charge in [0.15, 0.2) is 11.6 Å². The van der Waals surface area contributed by atoms with Crippen LogP contribution >= 0.6 is 15.9 Å². The summed E-state index contributed by atoms with van der Waals surface area (Å²) in [5.74, 6) is -2.04. The summed E-state index contributed by atoms with van der Waals surface area (Å²) in [6, 6.07) is 5.30. The van der Waals surface area contributed by atoms with Crippen LogP contribution in [0.4, 0.5) is 36.4 Å². The van der Waals surface area contributed by atoms with Crippen LogP contribution in [0.2, 0.25) is 0 Å². The Morgan fingerprint density at radius 1 is 1.21 bits per heavy atom. The van der Waals surface area contributed by atoms with Crippen LogP contribution in [0.1, 0.15) is 41.3 Å². The smallest absolute Gasteiger partial charge is 0.426 e. The molecular formula is C22H19BrF7NO2. The Labute approximate surface area is 193 Å². The number of carbonyl (C=O) groups excluding carboxylic acids is 1. The number of anilines is 1. The topological polar surface area (TPSA) is 38.3 Å². The number of nitrogens with one attached hydrogen (secondary N) is 1. The molecule has 0 heterocycles. The molecule has 0 radical (unpaired) electrons. The Hall–Kier alpha value is -2.30. The Balaban J connectivity index is 1.94. The number of rotatable bonds is 9. The first-order valence-electron chi connectivity index (χ1n) is 9.90. The molecule has 0 spiro atoms. The quantitative estimate of drug-likeness (QED) is 0.270. The highest BCUT2D eigenvalue weighted by Gasteiger charge is 2.53. The molecule has 0 aromatic heterocycles. The zero-order chi connectivity index (χ0) is 24.6. The molecule has 11 heteroatoms. The molecule has 1 unspecified atom stereocenters. The predicted molar refractivity (Wildman–Crippen MR) is 111 cm³/mol. The third-order valence-electron chi connectivity index (χ3n) is 5.36. The van der Waals surface area contributed by atoms with Crippen LogP contribution in [-0.2, 0) is 12.1 Å². The van der Waals surface area contributed by atoms with E-state index in [4.69, 9.17) is 0 Å². The van der Waals surface area contributed by atoms with E-state index in [-0.39, 0.29) is 28.2 Å². The lowest BCUT2D eigenvalue weighted by Gasteiger charge is -2.25. The van der Waals surface area contributed by atoms with Gasteiger partial charge in [-0.25, -0.2) is 8.78 Å². The van der Waals surface area contributed by atoms with Gasteiger partial charge < -0.3 is 10.1 Å². The van der Waals surface area contributed by atoms with E-state index in [1.165, 1.54) is 18.2 Å². The van der Waals surface area contributed by atoms with Gasteiger partial charge in [0, 0.05) is 28.6 Å². The van der Waals surface area contributed by atoms with Gasteiger partial charge in [-0.3, -0.25) is 4.79 Å². The van der Waals surface area contributed by atoms with E-state index in [0.29, 0.717) is 18.5 Å². The summed E-state index contributed by atoms with van der Waals surface area (Å²) in [4.78, 5) is 12.8. The average Bonchev–Trinajstić information content (AvgIpc) is 3.52. The first kappa shape index (κ1) is 25.3. The molecule has 0 saturated heterocycles. The number of benzene rings is 2. The van der Waals surface area contributed by atoms with Gasteiger partial charge in [0.25, 0.3) is 0 Å². The molecule has 180 valence electrons. The normalized spacial score (nSPS) is 15.9. The monoisotopic (exact) mass is 541 g/mol. The van der Waals surface area contributed by atoms with Gasteiger partial charge >= 0.3 is 12.8 Å². The Morgan fingerprint density at radius 3 is 2.45 bits per heavy atom. The van der Waals surface area contributed by atoms with Crippen molar-refractivity contribution in [3.05, 3.63) is 57.3 Å². The second-order valence-corrected chi connectivity index (χ2v) is 8.76. The van der Waals surface area contributed by atoms with Crippen molar-refractivity contribution in [2.45, 2.75) is 44.6 Å². The van der Waals surface area contributed by atoms with E-state index in [0.717, 1.165) is 18.9 Å². The number of hydrogen-bond donors (Lipinski definition) is 1. The fourth-order valence-corrected chi connectivity index (χ4v) is 3.72. The van der Waals surface area contributed by atoms with Crippen LogP contribution in [0.15, 0.2) is 34.8 Å². The van der Waals surface area contributed by atoms with Crippen LogP contribution in [0.25, 0.3) is 0 Å². The number of hydrogen-bond acceptors (Lipinski definition) is 3. The number of Topliss-reactive ketones (excluding diaryl/α,β-unsaturated/α-hetero) is 1. The maximum Gasteiger partial charge on any atom is 0.426 e. The zero-order valence-electron chi connectivity index (χ0n) is 17.2. The largest absolute Gasteiger partial charge is 0.434 e. The lowest BCUT2D eigenvalue weighted by molar-refractivity contribution is -0.228. The minimum Gasteiger partial charge on any atom is -0.434 e. The molecule has 1 saturated carbocycles. The summed E-state index contributed by atoms with van der Waals surface area (Å²) in [6.45, 7) is -2.68. The molecule has 1 aliphatic rings. The van der Waals surface area contributed by atoms with E-state index in [1.807, 2.05) is 0 Å². The van der Waals surface area contributed by atoms with E-state index in [1.54, 1.807) is 0 Å². The summed E-state index contributed by atoms with van der Waals surface area (Å²) in [7, 11) is 0. The first-order chi connectivity index (χ1) is 15.3. The predicted octanol–water partition coefficient (Wildman–Crippen LogP) is 7.18. The molecule has 3 nitrogen and oxygen atoms in total. The molecule has 0 bridgehead atoms. The summed E-state index contributed by atoms with van der Waals surface area (Å²) in [5.41, 5.74) is -5.36. The lowest BCUT2D eigenvalue weighted by atomic mass is 9.93. The molecular weight excluding hydrogens is 523 g/mol. The zero-order valence-corrected chi connectivity index (χ0v) is 18.8. The van der Waals surface area contributed by atoms with E-state index < -0.39 is 47.8 Å². The highest BCUT2D eigenvalue weighted by atomic mass is 79.9. The molecule has 3 rings (SSSR count). The lowest BCUT2D eigenvalue weighted by Crippen LogP contribution is -2.35.